The Labute approximate surface area is 111 Å². The molecule has 1 aliphatic heterocycles. The van der Waals surface area contributed by atoms with Gasteiger partial charge in [-0.15, -0.1) is 0 Å². The molecule has 0 amide bonds. The molecule has 100 valence electrons. The van der Waals surface area contributed by atoms with E-state index in [0.29, 0.717) is 5.56 Å². The molecule has 1 saturated heterocycles. The van der Waals surface area contributed by atoms with E-state index in [-0.39, 0.29) is 11.8 Å². The van der Waals surface area contributed by atoms with E-state index in [1.807, 2.05) is 6.07 Å². The minimum absolute atomic E-state index is 0.0490. The molecule has 0 aromatic heterocycles. The Morgan fingerprint density at radius 2 is 2.16 bits per heavy atom. The zero-order valence-corrected chi connectivity index (χ0v) is 10.7. The maximum absolute atomic E-state index is 10.7. The number of hydrogen-bond donors (Lipinski definition) is 0. The van der Waals surface area contributed by atoms with E-state index < -0.39 is 4.92 Å². The average molecular weight is 261 g/mol. The molecule has 1 aliphatic rings. The summed E-state index contributed by atoms with van der Waals surface area (Å²) in [7, 11) is 1.70. The molecule has 1 heterocycles. The maximum atomic E-state index is 10.7. The van der Waals surface area contributed by atoms with Crippen LogP contribution in [0.1, 0.15) is 18.4 Å². The van der Waals surface area contributed by atoms with Crippen molar-refractivity contribution in [3.63, 3.8) is 0 Å². The molecule has 0 N–H and O–H groups in total. The molecule has 0 radical (unpaired) electrons. The summed E-state index contributed by atoms with van der Waals surface area (Å²) in [6.45, 7) is 1.59. The lowest BCUT2D eigenvalue weighted by molar-refractivity contribution is -0.384. The molecule has 0 aliphatic carbocycles. The molecule has 0 atom stereocenters. The molecule has 0 spiro atoms. The highest BCUT2D eigenvalue weighted by molar-refractivity contribution is 5.63. The first-order valence-electron chi connectivity index (χ1n) is 6.12. The second-order valence-electron chi connectivity index (χ2n) is 4.49. The molecule has 0 unspecified atom stereocenters. The summed E-state index contributed by atoms with van der Waals surface area (Å²) in [6.07, 6.45) is 2.07. The quantitative estimate of drug-likeness (QED) is 0.614. The Morgan fingerprint density at radius 3 is 2.68 bits per heavy atom. The lowest BCUT2D eigenvalue weighted by Crippen LogP contribution is -2.37. The van der Waals surface area contributed by atoms with Gasteiger partial charge >= 0.3 is 0 Å². The maximum Gasteiger partial charge on any atom is 0.270 e. The molecule has 1 fully saturated rings. The smallest absolute Gasteiger partial charge is 0.270 e. The van der Waals surface area contributed by atoms with Crippen molar-refractivity contribution in [1.29, 1.82) is 5.26 Å². The second-order valence-corrected chi connectivity index (χ2v) is 4.49. The van der Waals surface area contributed by atoms with E-state index >= 15 is 0 Å². The standard InChI is InChI=1S/C13H15N3O3/c1-19-12-4-6-15(7-5-12)13-3-2-11(16(17)18)8-10(13)9-14/h2-3,8,12H,4-7H2,1H3. The Kier molecular flexibility index (Phi) is 3.97. The van der Waals surface area contributed by atoms with Crippen LogP contribution < -0.4 is 4.90 Å². The predicted molar refractivity (Wildman–Crippen MR) is 70.1 cm³/mol. The average Bonchev–Trinajstić information content (AvgIpc) is 2.46. The van der Waals surface area contributed by atoms with Crippen LogP contribution in [-0.4, -0.2) is 31.2 Å². The molecule has 19 heavy (non-hydrogen) atoms. The number of ether oxygens (including phenoxy) is 1. The van der Waals surface area contributed by atoms with Crippen LogP contribution in [0.3, 0.4) is 0 Å². The fourth-order valence-electron chi connectivity index (χ4n) is 2.34. The number of rotatable bonds is 3. The van der Waals surface area contributed by atoms with Crippen LogP contribution in [0.25, 0.3) is 0 Å². The third-order valence-electron chi connectivity index (χ3n) is 3.43. The highest BCUT2D eigenvalue weighted by Crippen LogP contribution is 2.27. The molecule has 0 bridgehead atoms. The minimum atomic E-state index is -0.484. The first kappa shape index (κ1) is 13.3. The monoisotopic (exact) mass is 261 g/mol. The lowest BCUT2D eigenvalue weighted by atomic mass is 10.0. The number of benzene rings is 1. The van der Waals surface area contributed by atoms with Crippen molar-refractivity contribution in [3.8, 4) is 6.07 Å². The van der Waals surface area contributed by atoms with Gasteiger partial charge in [0.2, 0.25) is 0 Å². The van der Waals surface area contributed by atoms with Crippen molar-refractivity contribution in [1.82, 2.24) is 0 Å². The van der Waals surface area contributed by atoms with Crippen molar-refractivity contribution in [2.75, 3.05) is 25.1 Å². The molecule has 1 aromatic carbocycles. The molecule has 1 aromatic rings. The van der Waals surface area contributed by atoms with Gasteiger partial charge in [-0.1, -0.05) is 0 Å². The number of non-ortho nitro benzene ring substituents is 1. The van der Waals surface area contributed by atoms with Gasteiger partial charge in [-0.05, 0) is 18.9 Å². The third kappa shape index (κ3) is 2.83. The number of hydrogen-bond acceptors (Lipinski definition) is 5. The largest absolute Gasteiger partial charge is 0.381 e. The predicted octanol–water partition coefficient (Wildman–Crippen LogP) is 2.08. The molecule has 6 heteroatoms. The van der Waals surface area contributed by atoms with Gasteiger partial charge in [0.05, 0.1) is 22.3 Å². The zero-order chi connectivity index (χ0) is 13.8. The normalized spacial score (nSPS) is 16.1. The lowest BCUT2D eigenvalue weighted by Gasteiger charge is -2.33. The SMILES string of the molecule is COC1CCN(c2ccc([N+](=O)[O-])cc2C#N)CC1. The summed E-state index contributed by atoms with van der Waals surface area (Å²) < 4.78 is 5.30. The number of anilines is 1. The highest BCUT2D eigenvalue weighted by Gasteiger charge is 2.22. The van der Waals surface area contributed by atoms with E-state index in [2.05, 4.69) is 4.90 Å². The van der Waals surface area contributed by atoms with Crippen LogP contribution in [0.2, 0.25) is 0 Å². The zero-order valence-electron chi connectivity index (χ0n) is 10.7. The molecular formula is C13H15N3O3. The Hall–Kier alpha value is -2.13. The van der Waals surface area contributed by atoms with Gasteiger partial charge in [-0.25, -0.2) is 0 Å². The van der Waals surface area contributed by atoms with Crippen molar-refractivity contribution in [3.05, 3.63) is 33.9 Å². The van der Waals surface area contributed by atoms with Crippen LogP contribution >= 0.6 is 0 Å². The fraction of sp³-hybridized carbons (Fsp3) is 0.462. The number of nitro groups is 1. The number of nitrogens with zero attached hydrogens (tertiary/aromatic N) is 3. The Bertz CT molecular complexity index is 516. The summed E-state index contributed by atoms with van der Waals surface area (Å²) in [5, 5.41) is 19.8. The third-order valence-corrected chi connectivity index (χ3v) is 3.43. The first-order chi connectivity index (χ1) is 9.15. The molecular weight excluding hydrogens is 246 g/mol. The minimum Gasteiger partial charge on any atom is -0.381 e. The van der Waals surface area contributed by atoms with Crippen LogP contribution in [0.4, 0.5) is 11.4 Å². The Balaban J connectivity index is 2.21. The molecule has 6 nitrogen and oxygen atoms in total. The number of nitriles is 1. The van der Waals surface area contributed by atoms with Gasteiger partial charge in [-0.2, -0.15) is 5.26 Å². The van der Waals surface area contributed by atoms with Crippen molar-refractivity contribution in [2.24, 2.45) is 0 Å². The van der Waals surface area contributed by atoms with Gasteiger partial charge in [0.1, 0.15) is 6.07 Å². The van der Waals surface area contributed by atoms with E-state index in [1.54, 1.807) is 13.2 Å². The number of nitro benzene ring substituents is 1. The van der Waals surface area contributed by atoms with Crippen molar-refractivity contribution >= 4 is 11.4 Å². The fourth-order valence-corrected chi connectivity index (χ4v) is 2.34. The Morgan fingerprint density at radius 1 is 1.47 bits per heavy atom. The van der Waals surface area contributed by atoms with Gasteiger partial charge in [0.15, 0.2) is 0 Å². The second kappa shape index (κ2) is 5.67. The number of piperidine rings is 1. The molecule has 2 rings (SSSR count). The van der Waals surface area contributed by atoms with Gasteiger partial charge < -0.3 is 9.64 Å². The summed E-state index contributed by atoms with van der Waals surface area (Å²) in [4.78, 5) is 12.3. The topological polar surface area (TPSA) is 79.4 Å². The van der Waals surface area contributed by atoms with Crippen LogP contribution in [0, 0.1) is 21.4 Å². The van der Waals surface area contributed by atoms with Gasteiger partial charge in [-0.3, -0.25) is 10.1 Å². The van der Waals surface area contributed by atoms with E-state index in [9.17, 15) is 10.1 Å². The first-order valence-corrected chi connectivity index (χ1v) is 6.12. The number of methoxy groups -OCH3 is 1. The van der Waals surface area contributed by atoms with Crippen molar-refractivity contribution in [2.45, 2.75) is 18.9 Å². The van der Waals surface area contributed by atoms with E-state index in [0.717, 1.165) is 31.6 Å². The highest BCUT2D eigenvalue weighted by atomic mass is 16.6. The summed E-state index contributed by atoms with van der Waals surface area (Å²) >= 11 is 0. The van der Waals surface area contributed by atoms with Gasteiger partial charge in [0.25, 0.3) is 5.69 Å². The van der Waals surface area contributed by atoms with Crippen LogP contribution in [0.5, 0.6) is 0 Å². The van der Waals surface area contributed by atoms with Crippen molar-refractivity contribution < 1.29 is 9.66 Å². The summed E-state index contributed by atoms with van der Waals surface area (Å²) in [5.74, 6) is 0. The van der Waals surface area contributed by atoms with Gasteiger partial charge in [0, 0.05) is 32.3 Å². The van der Waals surface area contributed by atoms with E-state index in [1.165, 1.54) is 12.1 Å². The van der Waals surface area contributed by atoms with Crippen LogP contribution in [-0.2, 0) is 4.74 Å². The van der Waals surface area contributed by atoms with Crippen LogP contribution in [0.15, 0.2) is 18.2 Å². The van der Waals surface area contributed by atoms with E-state index in [4.69, 9.17) is 10.00 Å². The summed E-state index contributed by atoms with van der Waals surface area (Å²) in [5.41, 5.74) is 1.07. The summed E-state index contributed by atoms with van der Waals surface area (Å²) in [6, 6.07) is 6.47. The molecule has 0 saturated carbocycles.